The van der Waals surface area contributed by atoms with Crippen LogP contribution < -0.4 is 19.1 Å². The van der Waals surface area contributed by atoms with E-state index in [9.17, 15) is 14.0 Å². The van der Waals surface area contributed by atoms with E-state index in [1.165, 1.54) is 33.5 Å². The topological polar surface area (TPSA) is 68.3 Å². The minimum Gasteiger partial charge on any atom is -0.493 e. The quantitative estimate of drug-likeness (QED) is 0.627. The first-order chi connectivity index (χ1) is 15.4. The van der Waals surface area contributed by atoms with E-state index in [4.69, 9.17) is 14.2 Å². The number of rotatable bonds is 8. The van der Waals surface area contributed by atoms with Crippen molar-refractivity contribution in [2.24, 2.45) is 5.92 Å². The normalized spacial score (nSPS) is 17.9. The predicted molar refractivity (Wildman–Crippen MR) is 117 cm³/mol. The van der Waals surface area contributed by atoms with Crippen LogP contribution in [0.4, 0.5) is 10.1 Å². The van der Waals surface area contributed by atoms with Gasteiger partial charge in [-0.1, -0.05) is 12.1 Å². The summed E-state index contributed by atoms with van der Waals surface area (Å²) in [6, 6.07) is 9.85. The zero-order valence-corrected chi connectivity index (χ0v) is 18.5. The second-order valence-corrected chi connectivity index (χ2v) is 8.12. The number of methoxy groups -OCH3 is 3. The van der Waals surface area contributed by atoms with Crippen LogP contribution in [0.15, 0.2) is 36.4 Å². The second kappa shape index (κ2) is 9.06. The van der Waals surface area contributed by atoms with Crippen LogP contribution in [0.2, 0.25) is 0 Å². The molecule has 1 heterocycles. The zero-order valence-electron chi connectivity index (χ0n) is 18.5. The van der Waals surface area contributed by atoms with Crippen molar-refractivity contribution < 1.29 is 28.2 Å². The Kier molecular flexibility index (Phi) is 6.21. The summed E-state index contributed by atoms with van der Waals surface area (Å²) in [4.78, 5) is 29.6. The maximum absolute atomic E-state index is 13.6. The molecular formula is C24H27FN2O5. The molecule has 1 saturated heterocycles. The van der Waals surface area contributed by atoms with Gasteiger partial charge in [0, 0.05) is 37.7 Å². The number of ether oxygens (including phenoxy) is 3. The van der Waals surface area contributed by atoms with E-state index in [1.807, 2.05) is 6.07 Å². The molecule has 2 aromatic carbocycles. The van der Waals surface area contributed by atoms with E-state index in [2.05, 4.69) is 0 Å². The molecule has 7 nitrogen and oxygen atoms in total. The fourth-order valence-corrected chi connectivity index (χ4v) is 4.19. The molecule has 0 bridgehead atoms. The number of hydrogen-bond donors (Lipinski definition) is 0. The lowest BCUT2D eigenvalue weighted by molar-refractivity contribution is -0.137. The molecule has 2 fully saturated rings. The first kappa shape index (κ1) is 21.9. The maximum atomic E-state index is 13.6. The largest absolute Gasteiger partial charge is 0.493 e. The van der Waals surface area contributed by atoms with E-state index in [0.29, 0.717) is 29.5 Å². The highest BCUT2D eigenvalue weighted by Gasteiger charge is 2.41. The smallest absolute Gasteiger partial charge is 0.228 e. The van der Waals surface area contributed by atoms with Crippen molar-refractivity contribution in [1.29, 1.82) is 0 Å². The van der Waals surface area contributed by atoms with Gasteiger partial charge in [0.2, 0.25) is 17.6 Å². The van der Waals surface area contributed by atoms with Gasteiger partial charge in [-0.3, -0.25) is 9.59 Å². The molecule has 1 aliphatic carbocycles. The Hall–Kier alpha value is -3.29. The van der Waals surface area contributed by atoms with Crippen LogP contribution in [0.3, 0.4) is 0 Å². The number of nitrogens with zero attached hydrogens (tertiary/aromatic N) is 2. The first-order valence-electron chi connectivity index (χ1n) is 10.6. The molecule has 2 aliphatic rings. The third-order valence-corrected chi connectivity index (χ3v) is 5.95. The molecule has 1 atom stereocenters. The van der Waals surface area contributed by atoms with Crippen LogP contribution in [0.25, 0.3) is 0 Å². The summed E-state index contributed by atoms with van der Waals surface area (Å²) in [5.74, 6) is 0.323. The van der Waals surface area contributed by atoms with Gasteiger partial charge >= 0.3 is 0 Å². The lowest BCUT2D eigenvalue weighted by Crippen LogP contribution is -2.38. The molecule has 32 heavy (non-hydrogen) atoms. The van der Waals surface area contributed by atoms with E-state index in [1.54, 1.807) is 28.0 Å². The number of carbonyl (C=O) groups excluding carboxylic acids is 2. The monoisotopic (exact) mass is 442 g/mol. The van der Waals surface area contributed by atoms with Crippen molar-refractivity contribution in [2.75, 3.05) is 32.8 Å². The third-order valence-electron chi connectivity index (χ3n) is 5.95. The van der Waals surface area contributed by atoms with Crippen LogP contribution in [0.1, 0.15) is 24.8 Å². The number of anilines is 1. The number of carbonyl (C=O) groups is 2. The van der Waals surface area contributed by atoms with Crippen molar-refractivity contribution in [2.45, 2.75) is 31.8 Å². The number of halogens is 1. The third kappa shape index (κ3) is 4.35. The Morgan fingerprint density at radius 1 is 1.09 bits per heavy atom. The van der Waals surface area contributed by atoms with Crippen molar-refractivity contribution in [3.05, 3.63) is 47.8 Å². The first-order valence-corrected chi connectivity index (χ1v) is 10.6. The zero-order chi connectivity index (χ0) is 22.8. The van der Waals surface area contributed by atoms with Gasteiger partial charge in [-0.15, -0.1) is 0 Å². The summed E-state index contributed by atoms with van der Waals surface area (Å²) in [6.07, 6.45) is 1.98. The summed E-state index contributed by atoms with van der Waals surface area (Å²) < 4.78 is 29.8. The summed E-state index contributed by atoms with van der Waals surface area (Å²) in [7, 11) is 4.54. The molecule has 1 aliphatic heterocycles. The molecule has 170 valence electrons. The van der Waals surface area contributed by atoms with Crippen LogP contribution >= 0.6 is 0 Å². The Labute approximate surface area is 186 Å². The van der Waals surface area contributed by atoms with Gasteiger partial charge in [0.05, 0.1) is 32.9 Å². The average Bonchev–Trinajstić information content (AvgIpc) is 3.56. The average molecular weight is 442 g/mol. The molecule has 8 heteroatoms. The van der Waals surface area contributed by atoms with Gasteiger partial charge in [0.1, 0.15) is 5.82 Å². The van der Waals surface area contributed by atoms with Crippen LogP contribution in [0.5, 0.6) is 17.2 Å². The van der Waals surface area contributed by atoms with Gasteiger partial charge in [-0.05, 0) is 30.5 Å². The molecule has 0 spiro atoms. The van der Waals surface area contributed by atoms with Crippen molar-refractivity contribution >= 4 is 17.5 Å². The van der Waals surface area contributed by atoms with Crippen molar-refractivity contribution in [1.82, 2.24) is 4.90 Å². The highest BCUT2D eigenvalue weighted by molar-refractivity contribution is 6.00. The fraction of sp³-hybridized carbons (Fsp3) is 0.417. The standard InChI is InChI=1S/C24H27FN2O5/c1-30-20-11-19(12-21(31-2)23(20)32-3)26-14-16(10-22(26)28)24(29)27(18-7-8-18)13-15-5-4-6-17(25)9-15/h4-6,9,11-12,16,18H,7-8,10,13-14H2,1-3H3. The molecule has 0 radical (unpaired) electrons. The Morgan fingerprint density at radius 2 is 1.78 bits per heavy atom. The van der Waals surface area contributed by atoms with E-state index in [-0.39, 0.29) is 36.6 Å². The Morgan fingerprint density at radius 3 is 2.34 bits per heavy atom. The molecule has 1 saturated carbocycles. The summed E-state index contributed by atoms with van der Waals surface area (Å²) >= 11 is 0. The van der Waals surface area contributed by atoms with Crippen molar-refractivity contribution in [3.8, 4) is 17.2 Å². The highest BCUT2D eigenvalue weighted by Crippen LogP contribution is 2.42. The molecule has 4 rings (SSSR count). The van der Waals surface area contributed by atoms with Crippen LogP contribution in [-0.4, -0.2) is 50.6 Å². The summed E-state index contributed by atoms with van der Waals surface area (Å²) in [6.45, 7) is 0.610. The fourth-order valence-electron chi connectivity index (χ4n) is 4.19. The lowest BCUT2D eigenvalue weighted by atomic mass is 10.1. The Bertz CT molecular complexity index is 998. The lowest BCUT2D eigenvalue weighted by Gasteiger charge is -2.26. The number of benzene rings is 2. The van der Waals surface area contributed by atoms with Crippen LogP contribution in [0, 0.1) is 11.7 Å². The molecule has 2 aromatic rings. The molecule has 1 unspecified atom stereocenters. The molecule has 0 N–H and O–H groups in total. The SMILES string of the molecule is COc1cc(N2CC(C(=O)N(Cc3cccc(F)c3)C3CC3)CC2=O)cc(OC)c1OC. The van der Waals surface area contributed by atoms with Gasteiger partial charge in [0.25, 0.3) is 0 Å². The minimum absolute atomic E-state index is 0.0694. The number of amides is 2. The Balaban J connectivity index is 1.54. The van der Waals surface area contributed by atoms with Gasteiger partial charge < -0.3 is 24.0 Å². The van der Waals surface area contributed by atoms with Gasteiger partial charge in [-0.25, -0.2) is 4.39 Å². The van der Waals surface area contributed by atoms with Crippen molar-refractivity contribution in [3.63, 3.8) is 0 Å². The minimum atomic E-state index is -0.462. The molecular weight excluding hydrogens is 415 g/mol. The molecule has 2 amide bonds. The van der Waals surface area contributed by atoms with Gasteiger partial charge in [0.15, 0.2) is 11.5 Å². The van der Waals surface area contributed by atoms with E-state index < -0.39 is 5.92 Å². The summed E-state index contributed by atoms with van der Waals surface area (Å²) in [5.41, 5.74) is 1.33. The predicted octanol–water partition coefficient (Wildman–Crippen LogP) is 3.40. The maximum Gasteiger partial charge on any atom is 0.228 e. The second-order valence-electron chi connectivity index (χ2n) is 8.12. The molecule has 0 aromatic heterocycles. The van der Waals surface area contributed by atoms with Crippen LogP contribution in [-0.2, 0) is 16.1 Å². The van der Waals surface area contributed by atoms with E-state index in [0.717, 1.165) is 18.4 Å². The number of hydrogen-bond acceptors (Lipinski definition) is 5. The highest BCUT2D eigenvalue weighted by atomic mass is 19.1. The van der Waals surface area contributed by atoms with E-state index >= 15 is 0 Å². The summed E-state index contributed by atoms with van der Waals surface area (Å²) in [5, 5.41) is 0. The van der Waals surface area contributed by atoms with Gasteiger partial charge in [-0.2, -0.15) is 0 Å².